The number of carboxylic acid groups (broad SMARTS) is 1. The molecule has 0 amide bonds. The Kier molecular flexibility index (Phi) is 8.39. The number of benzene rings is 1. The molecule has 2 saturated heterocycles. The van der Waals surface area contributed by atoms with E-state index in [1.807, 2.05) is 37.3 Å². The number of ether oxygens (including phenoxy) is 4. The molecule has 2 aliphatic rings. The maximum absolute atomic E-state index is 12.9. The minimum atomic E-state index is -3.15. The fourth-order valence-corrected chi connectivity index (χ4v) is 5.79. The number of aromatic nitrogens is 2. The van der Waals surface area contributed by atoms with E-state index in [1.54, 1.807) is 0 Å². The summed E-state index contributed by atoms with van der Waals surface area (Å²) in [7, 11) is 0.912. The zero-order valence-electron chi connectivity index (χ0n) is 22.9. The summed E-state index contributed by atoms with van der Waals surface area (Å²) < 4.78 is 22.0. The van der Waals surface area contributed by atoms with Crippen LogP contribution in [0.2, 0.25) is 0 Å². The van der Waals surface area contributed by atoms with Crippen molar-refractivity contribution in [2.45, 2.75) is 74.5 Å². The molecule has 0 radical (unpaired) electrons. The third kappa shape index (κ3) is 4.93. The van der Waals surface area contributed by atoms with Crippen LogP contribution in [0.4, 0.5) is 0 Å². The first-order valence-corrected chi connectivity index (χ1v) is 13.0. The summed E-state index contributed by atoms with van der Waals surface area (Å²) in [6.45, 7) is 7.23. The molecule has 5 N–H and O–H groups in total. The lowest BCUT2D eigenvalue weighted by Gasteiger charge is -2.50. The van der Waals surface area contributed by atoms with Gasteiger partial charge in [-0.1, -0.05) is 43.8 Å². The zero-order valence-corrected chi connectivity index (χ0v) is 22.9. The van der Waals surface area contributed by atoms with Crippen LogP contribution in [0.3, 0.4) is 0 Å². The summed E-state index contributed by atoms with van der Waals surface area (Å²) in [6.07, 6.45) is -4.32. The van der Waals surface area contributed by atoms with E-state index in [-0.39, 0.29) is 24.5 Å². The van der Waals surface area contributed by atoms with Crippen molar-refractivity contribution in [2.24, 2.45) is 5.92 Å². The first kappa shape index (κ1) is 30.3. The number of imidazole rings is 1. The van der Waals surface area contributed by atoms with Crippen molar-refractivity contribution >= 4 is 17.9 Å². The number of H-pyrrole nitrogens is 1. The van der Waals surface area contributed by atoms with E-state index < -0.39 is 59.3 Å². The molecule has 13 heteroatoms. The Balaban J connectivity index is 1.68. The Hall–Kier alpha value is -3.62. The smallest absolute Gasteiger partial charge is 0.344 e. The molecule has 0 aliphatic carbocycles. The molecule has 0 unspecified atom stereocenters. The molecule has 222 valence electrons. The van der Waals surface area contributed by atoms with Crippen molar-refractivity contribution in [1.29, 1.82) is 0 Å². The third-order valence-corrected chi connectivity index (χ3v) is 7.79. The van der Waals surface area contributed by atoms with Gasteiger partial charge >= 0.3 is 17.9 Å². The fourth-order valence-electron chi connectivity index (χ4n) is 5.79. The van der Waals surface area contributed by atoms with Crippen LogP contribution >= 0.6 is 0 Å². The lowest BCUT2D eigenvalue weighted by Crippen LogP contribution is -2.74. The van der Waals surface area contributed by atoms with Gasteiger partial charge in [0, 0.05) is 19.3 Å². The number of aromatic amines is 1. The maximum atomic E-state index is 12.9. The Morgan fingerprint density at radius 3 is 2.44 bits per heavy atom. The van der Waals surface area contributed by atoms with Crippen molar-refractivity contribution < 1.29 is 53.8 Å². The van der Waals surface area contributed by atoms with E-state index in [2.05, 4.69) is 16.5 Å². The molecule has 0 spiro atoms. The number of methoxy groups -OCH3 is 1. The average Bonchev–Trinajstić information content (AvgIpc) is 3.54. The number of aliphatic hydroxyl groups is 3. The molecular formula is C28H34N2O11. The summed E-state index contributed by atoms with van der Waals surface area (Å²) in [4.78, 5) is 44.1. The second-order valence-corrected chi connectivity index (χ2v) is 10.5. The normalized spacial score (nSPS) is 32.1. The van der Waals surface area contributed by atoms with Crippen molar-refractivity contribution in [3.8, 4) is 0 Å². The highest BCUT2D eigenvalue weighted by atomic mass is 16.8. The lowest BCUT2D eigenvalue weighted by atomic mass is 9.74. The number of fused-ring (bicyclic) bond motifs is 2. The van der Waals surface area contributed by atoms with Gasteiger partial charge in [-0.25, -0.2) is 14.6 Å². The van der Waals surface area contributed by atoms with Crippen molar-refractivity contribution in [1.82, 2.24) is 9.97 Å². The van der Waals surface area contributed by atoms with E-state index in [1.165, 1.54) is 19.4 Å². The number of hydrogen-bond donors (Lipinski definition) is 5. The number of hydrogen-bond acceptors (Lipinski definition) is 11. The minimum Gasteiger partial charge on any atom is -0.479 e. The summed E-state index contributed by atoms with van der Waals surface area (Å²) in [5.41, 5.74) is -4.86. The number of aliphatic carboxylic acids is 1. The largest absolute Gasteiger partial charge is 0.479 e. The predicted octanol–water partition coefficient (Wildman–Crippen LogP) is 0.804. The van der Waals surface area contributed by atoms with Crippen LogP contribution in [-0.4, -0.2) is 90.7 Å². The molecule has 2 aromatic rings. The molecule has 2 aliphatic heterocycles. The number of esters is 2. The number of nitrogens with zero attached hydrogens (tertiary/aromatic N) is 1. The highest BCUT2D eigenvalue weighted by Crippen LogP contribution is 2.58. The first-order valence-electron chi connectivity index (χ1n) is 13.0. The Morgan fingerprint density at radius 1 is 1.20 bits per heavy atom. The van der Waals surface area contributed by atoms with Crippen LogP contribution in [0.5, 0.6) is 0 Å². The number of carboxylic acids is 1. The molecule has 1 aromatic heterocycles. The first-order chi connectivity index (χ1) is 19.3. The van der Waals surface area contributed by atoms with Gasteiger partial charge in [0.1, 0.15) is 24.4 Å². The van der Waals surface area contributed by atoms with Crippen LogP contribution < -0.4 is 0 Å². The summed E-state index contributed by atoms with van der Waals surface area (Å²) in [6, 6.07) is 9.54. The quantitative estimate of drug-likeness (QED) is 0.187. The minimum absolute atomic E-state index is 0.0249. The standard InChI is InChI=1S/C28H34N2O11/c1-15(20(39-17(3)31)16(2)12-18-8-6-5-7-9-18)10-11-26-21(32)22(33)28(41-26,24(34)35)27(37,25(36)38-4)23(40-26)19-13-29-14-30-19/h5-9,13-14,16,20-23,32-33,37H,1,10-12H2,2-4H3,(H,29,30)(H,34,35)/t16-,20-,21-,22-,23-,26-,27-,28-/m1/s1. The highest BCUT2D eigenvalue weighted by molar-refractivity contribution is 5.94. The molecule has 0 saturated carbocycles. The van der Waals surface area contributed by atoms with Crippen LogP contribution in [0.25, 0.3) is 0 Å². The molecule has 1 aromatic carbocycles. The Labute approximate surface area is 235 Å². The SMILES string of the molecule is C=C(CC[C@@]12O[C@H](c3cnc[nH]3)[C@@](O)(C(=O)OC)[C@@](C(=O)O)(O1)[C@H](O)[C@H]2O)[C@@H](OC(C)=O)[C@H](C)Cc1ccccc1. The van der Waals surface area contributed by atoms with Gasteiger partial charge < -0.3 is 44.4 Å². The maximum Gasteiger partial charge on any atom is 0.344 e. The van der Waals surface area contributed by atoms with Gasteiger partial charge in [0.2, 0.25) is 11.2 Å². The van der Waals surface area contributed by atoms with E-state index in [0.717, 1.165) is 12.7 Å². The van der Waals surface area contributed by atoms with E-state index in [9.17, 15) is 34.8 Å². The van der Waals surface area contributed by atoms with Gasteiger partial charge in [-0.05, 0) is 24.0 Å². The second-order valence-electron chi connectivity index (χ2n) is 10.5. The average molecular weight is 575 g/mol. The number of rotatable bonds is 11. The van der Waals surface area contributed by atoms with Gasteiger partial charge in [-0.3, -0.25) is 4.79 Å². The fraction of sp³-hybridized carbons (Fsp3) is 0.500. The van der Waals surface area contributed by atoms with Gasteiger partial charge in [0.25, 0.3) is 0 Å². The number of nitrogens with one attached hydrogen (secondary N) is 1. The Bertz CT molecular complexity index is 1290. The van der Waals surface area contributed by atoms with Gasteiger partial charge in [0.15, 0.2) is 5.79 Å². The number of carbonyl (C=O) groups is 3. The van der Waals surface area contributed by atoms with E-state index in [0.29, 0.717) is 12.0 Å². The van der Waals surface area contributed by atoms with Crippen molar-refractivity contribution in [3.05, 3.63) is 66.3 Å². The molecule has 41 heavy (non-hydrogen) atoms. The molecule has 3 heterocycles. The Morgan fingerprint density at radius 2 is 1.88 bits per heavy atom. The van der Waals surface area contributed by atoms with Crippen molar-refractivity contribution in [3.63, 3.8) is 0 Å². The summed E-state index contributed by atoms with van der Waals surface area (Å²) >= 11 is 0. The summed E-state index contributed by atoms with van der Waals surface area (Å²) in [5, 5.41) is 44.2. The molecule has 4 rings (SSSR count). The monoisotopic (exact) mass is 574 g/mol. The summed E-state index contributed by atoms with van der Waals surface area (Å²) in [5.74, 6) is -6.41. The molecule has 13 nitrogen and oxygen atoms in total. The van der Waals surface area contributed by atoms with Crippen LogP contribution in [-0.2, 0) is 39.8 Å². The third-order valence-electron chi connectivity index (χ3n) is 7.79. The number of carbonyl (C=O) groups excluding carboxylic acids is 2. The molecule has 2 fully saturated rings. The second kappa shape index (κ2) is 11.3. The zero-order chi connectivity index (χ0) is 30.2. The van der Waals surface area contributed by atoms with Crippen LogP contribution in [0.15, 0.2) is 55.0 Å². The predicted molar refractivity (Wildman–Crippen MR) is 139 cm³/mol. The molecule has 8 atom stereocenters. The molecule has 2 bridgehead atoms. The van der Waals surface area contributed by atoms with Gasteiger partial charge in [-0.2, -0.15) is 0 Å². The van der Waals surface area contributed by atoms with Crippen LogP contribution in [0, 0.1) is 5.92 Å². The lowest BCUT2D eigenvalue weighted by molar-refractivity contribution is -0.383. The van der Waals surface area contributed by atoms with Gasteiger partial charge in [-0.15, -0.1) is 0 Å². The van der Waals surface area contributed by atoms with Crippen LogP contribution in [0.1, 0.15) is 44.1 Å². The molecular weight excluding hydrogens is 540 g/mol. The highest BCUT2D eigenvalue weighted by Gasteiger charge is 2.83. The van der Waals surface area contributed by atoms with Gasteiger partial charge in [0.05, 0.1) is 25.3 Å². The number of aliphatic hydroxyl groups excluding tert-OH is 2. The van der Waals surface area contributed by atoms with E-state index >= 15 is 0 Å². The van der Waals surface area contributed by atoms with Crippen molar-refractivity contribution in [2.75, 3.05) is 7.11 Å². The van der Waals surface area contributed by atoms with E-state index in [4.69, 9.17) is 18.9 Å². The topological polar surface area (TPSA) is 198 Å².